The Morgan fingerprint density at radius 2 is 1.58 bits per heavy atom. The molecule has 0 saturated heterocycles. The summed E-state index contributed by atoms with van der Waals surface area (Å²) in [5.74, 6) is 1.28. The summed E-state index contributed by atoms with van der Waals surface area (Å²) in [6.07, 6.45) is 5.57. The molecule has 0 spiro atoms. The second kappa shape index (κ2) is 10.3. The van der Waals surface area contributed by atoms with Crippen molar-refractivity contribution in [3.8, 4) is 11.5 Å². The van der Waals surface area contributed by atoms with Gasteiger partial charge in [-0.05, 0) is 62.3 Å². The summed E-state index contributed by atoms with van der Waals surface area (Å²) in [6, 6.07) is 14.1. The number of hydrogen-bond acceptors (Lipinski definition) is 5. The zero-order valence-electron chi connectivity index (χ0n) is 21.6. The van der Waals surface area contributed by atoms with Crippen molar-refractivity contribution in [2.24, 2.45) is 0 Å². The maximum Gasteiger partial charge on any atom is 0.161 e. The minimum absolute atomic E-state index is 0.172. The molecule has 0 saturated carbocycles. The van der Waals surface area contributed by atoms with E-state index in [1.54, 1.807) is 7.11 Å². The van der Waals surface area contributed by atoms with E-state index < -0.39 is 0 Å². The molecule has 0 amide bonds. The van der Waals surface area contributed by atoms with Crippen LogP contribution in [0.2, 0.25) is 0 Å². The van der Waals surface area contributed by atoms with Gasteiger partial charge in [-0.25, -0.2) is 0 Å². The molecular formula is C31H35NO4. The molecule has 188 valence electrons. The van der Waals surface area contributed by atoms with Gasteiger partial charge in [0.05, 0.1) is 7.11 Å². The molecule has 5 heteroatoms. The first-order valence-electron chi connectivity index (χ1n) is 13.2. The molecule has 0 radical (unpaired) electrons. The molecule has 0 bridgehead atoms. The number of rotatable bonds is 7. The van der Waals surface area contributed by atoms with Crippen molar-refractivity contribution in [2.75, 3.05) is 13.7 Å². The average molecular weight is 486 g/mol. The number of hydrogen-bond donors (Lipinski definition) is 0. The largest absolute Gasteiger partial charge is 0.493 e. The number of methoxy groups -OCH3 is 1. The molecule has 2 aromatic rings. The Balaban J connectivity index is 1.55. The Labute approximate surface area is 213 Å². The quantitative estimate of drug-likeness (QED) is 0.454. The zero-order chi connectivity index (χ0) is 25.2. The monoisotopic (exact) mass is 485 g/mol. The maximum atomic E-state index is 13.4. The molecule has 0 atom stereocenters. The summed E-state index contributed by atoms with van der Waals surface area (Å²) in [6.45, 7) is 5.51. The predicted molar refractivity (Wildman–Crippen MR) is 140 cm³/mol. The number of carbonyl (C=O) groups excluding carboxylic acids is 2. The molecule has 5 nitrogen and oxygen atoms in total. The Bertz CT molecular complexity index is 1210. The van der Waals surface area contributed by atoms with Crippen molar-refractivity contribution in [2.45, 2.75) is 71.3 Å². The van der Waals surface area contributed by atoms with E-state index in [1.165, 1.54) is 5.56 Å². The van der Waals surface area contributed by atoms with Crippen LogP contribution < -0.4 is 9.47 Å². The molecule has 2 aromatic carbocycles. The molecule has 36 heavy (non-hydrogen) atoms. The normalized spacial score (nSPS) is 18.4. The highest BCUT2D eigenvalue weighted by Crippen LogP contribution is 2.50. The van der Waals surface area contributed by atoms with Crippen LogP contribution in [0.15, 0.2) is 65.0 Å². The lowest BCUT2D eigenvalue weighted by Gasteiger charge is -2.44. The van der Waals surface area contributed by atoms with Crippen LogP contribution >= 0.6 is 0 Å². The van der Waals surface area contributed by atoms with Gasteiger partial charge in [-0.1, -0.05) is 42.8 Å². The minimum atomic E-state index is -0.330. The third-order valence-electron chi connectivity index (χ3n) is 7.53. The van der Waals surface area contributed by atoms with Crippen LogP contribution in [-0.2, 0) is 16.2 Å². The topological polar surface area (TPSA) is 55.8 Å². The molecule has 0 N–H and O–H groups in total. The molecule has 1 heterocycles. The molecule has 0 fully saturated rings. The highest BCUT2D eigenvalue weighted by Gasteiger charge is 2.43. The lowest BCUT2D eigenvalue weighted by Crippen LogP contribution is -2.39. The standard InChI is InChI=1S/C31H35NO4/c1-4-16-32-23-10-6-12-25(33)30(23)29(31-24(32)11-7-13-26(31)34)22-14-15-27(28(18-22)35-3)36-19-21-9-5-8-20(2)17-21/h5,8-9,14-15,17-18,29H,4,6-7,10-13,16,19H2,1-3H3. The Morgan fingerprint density at radius 3 is 2.19 bits per heavy atom. The maximum absolute atomic E-state index is 13.4. The van der Waals surface area contributed by atoms with Gasteiger partial charge in [-0.3, -0.25) is 9.59 Å². The van der Waals surface area contributed by atoms with E-state index in [9.17, 15) is 9.59 Å². The first kappa shape index (κ1) is 24.4. The van der Waals surface area contributed by atoms with E-state index in [0.29, 0.717) is 30.9 Å². The summed E-state index contributed by atoms with van der Waals surface area (Å²) in [5.41, 5.74) is 7.11. The van der Waals surface area contributed by atoms with Crippen LogP contribution in [-0.4, -0.2) is 30.1 Å². The van der Waals surface area contributed by atoms with Gasteiger partial charge >= 0.3 is 0 Å². The van der Waals surface area contributed by atoms with Crippen molar-refractivity contribution < 1.29 is 19.1 Å². The zero-order valence-corrected chi connectivity index (χ0v) is 21.6. The third kappa shape index (κ3) is 4.47. The fourth-order valence-corrected chi connectivity index (χ4v) is 5.99. The van der Waals surface area contributed by atoms with Crippen LogP contribution in [0.1, 0.15) is 74.5 Å². The van der Waals surface area contributed by atoms with Crippen LogP contribution in [0.4, 0.5) is 0 Å². The number of benzene rings is 2. The number of Topliss-reactive ketones (excluding diaryl/α,β-unsaturated/α-hetero) is 2. The highest BCUT2D eigenvalue weighted by atomic mass is 16.5. The first-order chi connectivity index (χ1) is 17.5. The van der Waals surface area contributed by atoms with Crippen molar-refractivity contribution in [3.05, 3.63) is 81.7 Å². The fourth-order valence-electron chi connectivity index (χ4n) is 5.99. The summed E-state index contributed by atoms with van der Waals surface area (Å²) >= 11 is 0. The van der Waals surface area contributed by atoms with Crippen molar-refractivity contribution >= 4 is 11.6 Å². The number of ketones is 2. The number of carbonyl (C=O) groups is 2. The van der Waals surface area contributed by atoms with Gasteiger partial charge in [0, 0.05) is 47.8 Å². The minimum Gasteiger partial charge on any atom is -0.493 e. The Kier molecular flexibility index (Phi) is 6.99. The van der Waals surface area contributed by atoms with Gasteiger partial charge in [0.2, 0.25) is 0 Å². The predicted octanol–water partition coefficient (Wildman–Crippen LogP) is 6.41. The van der Waals surface area contributed by atoms with E-state index in [2.05, 4.69) is 30.9 Å². The van der Waals surface area contributed by atoms with Crippen LogP contribution in [0, 0.1) is 6.92 Å². The fraction of sp³-hybridized carbons (Fsp3) is 0.419. The lowest BCUT2D eigenvalue weighted by atomic mass is 9.71. The van der Waals surface area contributed by atoms with Crippen molar-refractivity contribution in [1.82, 2.24) is 4.90 Å². The number of aryl methyl sites for hydroxylation is 1. The van der Waals surface area contributed by atoms with E-state index in [4.69, 9.17) is 9.47 Å². The molecule has 0 unspecified atom stereocenters. The first-order valence-corrected chi connectivity index (χ1v) is 13.2. The SMILES string of the molecule is CCCN1C2=C(C(=O)CCC2)C(c2ccc(OCc3cccc(C)c3)c(OC)c2)C2=C1CCCC2=O. The third-order valence-corrected chi connectivity index (χ3v) is 7.53. The Morgan fingerprint density at radius 1 is 0.889 bits per heavy atom. The van der Waals surface area contributed by atoms with E-state index >= 15 is 0 Å². The van der Waals surface area contributed by atoms with Crippen molar-refractivity contribution in [3.63, 3.8) is 0 Å². The summed E-state index contributed by atoms with van der Waals surface area (Å²) in [4.78, 5) is 29.1. The number of ether oxygens (including phenoxy) is 2. The molecule has 1 aliphatic heterocycles. The van der Waals surface area contributed by atoms with Crippen LogP contribution in [0.5, 0.6) is 11.5 Å². The smallest absolute Gasteiger partial charge is 0.161 e. The second-order valence-electron chi connectivity index (χ2n) is 10.0. The molecule has 5 rings (SSSR count). The van der Waals surface area contributed by atoms with Gasteiger partial charge < -0.3 is 14.4 Å². The molecule has 0 aromatic heterocycles. The van der Waals surface area contributed by atoms with Crippen LogP contribution in [0.3, 0.4) is 0 Å². The summed E-state index contributed by atoms with van der Waals surface area (Å²) in [7, 11) is 1.63. The average Bonchev–Trinajstić information content (AvgIpc) is 2.88. The van der Waals surface area contributed by atoms with Gasteiger partial charge in [0.1, 0.15) is 6.61 Å². The van der Waals surface area contributed by atoms with Gasteiger partial charge in [-0.2, -0.15) is 0 Å². The van der Waals surface area contributed by atoms with E-state index in [1.807, 2.05) is 30.3 Å². The Hall–Kier alpha value is -3.34. The molecular weight excluding hydrogens is 450 g/mol. The lowest BCUT2D eigenvalue weighted by molar-refractivity contribution is -0.117. The van der Waals surface area contributed by atoms with Gasteiger partial charge in [0.15, 0.2) is 23.1 Å². The van der Waals surface area contributed by atoms with Gasteiger partial charge in [-0.15, -0.1) is 0 Å². The second-order valence-corrected chi connectivity index (χ2v) is 10.0. The summed E-state index contributed by atoms with van der Waals surface area (Å²) < 4.78 is 11.9. The molecule has 3 aliphatic rings. The highest BCUT2D eigenvalue weighted by molar-refractivity contribution is 6.06. The van der Waals surface area contributed by atoms with Gasteiger partial charge in [0.25, 0.3) is 0 Å². The van der Waals surface area contributed by atoms with E-state index in [0.717, 1.165) is 72.3 Å². The van der Waals surface area contributed by atoms with E-state index in [-0.39, 0.29) is 17.5 Å². The molecule has 2 aliphatic carbocycles. The number of nitrogens with zero attached hydrogens (tertiary/aromatic N) is 1. The van der Waals surface area contributed by atoms with Crippen molar-refractivity contribution in [1.29, 1.82) is 0 Å². The summed E-state index contributed by atoms with van der Waals surface area (Å²) in [5, 5.41) is 0. The number of allylic oxidation sites excluding steroid dienone is 4. The van der Waals surface area contributed by atoms with Crippen LogP contribution in [0.25, 0.3) is 0 Å².